The maximum absolute atomic E-state index is 13.4. The molecule has 0 aliphatic heterocycles. The molecule has 1 atom stereocenters. The summed E-state index contributed by atoms with van der Waals surface area (Å²) in [5, 5.41) is 14.8. The normalized spacial score (nSPS) is 12.5. The van der Waals surface area contributed by atoms with Gasteiger partial charge in [0.15, 0.2) is 0 Å². The summed E-state index contributed by atoms with van der Waals surface area (Å²) in [6.07, 6.45) is 2.51. The molecular formula is C21H17FN2O2. The Morgan fingerprint density at radius 2 is 1.85 bits per heavy atom. The largest absolute Gasteiger partial charge is 0.389 e. The quantitative estimate of drug-likeness (QED) is 0.562. The van der Waals surface area contributed by atoms with Gasteiger partial charge in [-0.1, -0.05) is 23.4 Å². The lowest BCUT2D eigenvalue weighted by molar-refractivity contribution is 0.201. The highest BCUT2D eigenvalue weighted by Crippen LogP contribution is 2.36. The Bertz CT molecular complexity index is 1070. The third-order valence-electron chi connectivity index (χ3n) is 4.42. The molecule has 0 bridgehead atoms. The third-order valence-corrected chi connectivity index (χ3v) is 4.42. The Hall–Kier alpha value is -3.05. The number of pyridine rings is 1. The van der Waals surface area contributed by atoms with Crippen LogP contribution in [-0.4, -0.2) is 15.2 Å². The van der Waals surface area contributed by atoms with Crippen molar-refractivity contribution in [1.29, 1.82) is 0 Å². The number of rotatable bonds is 3. The summed E-state index contributed by atoms with van der Waals surface area (Å²) >= 11 is 0. The summed E-state index contributed by atoms with van der Waals surface area (Å²) in [5.41, 5.74) is 5.71. The highest BCUT2D eigenvalue weighted by molar-refractivity contribution is 5.93. The molecule has 2 heterocycles. The molecule has 0 radical (unpaired) electrons. The molecule has 2 aromatic carbocycles. The number of nitrogens with zero attached hydrogens (tertiary/aromatic N) is 2. The second-order valence-electron chi connectivity index (χ2n) is 6.40. The molecule has 0 saturated carbocycles. The molecule has 1 N–H and O–H groups in total. The molecule has 4 nitrogen and oxygen atoms in total. The van der Waals surface area contributed by atoms with Crippen molar-refractivity contribution in [2.75, 3.05) is 0 Å². The topological polar surface area (TPSA) is 59.2 Å². The smallest absolute Gasteiger partial charge is 0.133 e. The van der Waals surface area contributed by atoms with Crippen molar-refractivity contribution < 1.29 is 14.0 Å². The highest BCUT2D eigenvalue weighted by atomic mass is 19.1. The molecule has 0 fully saturated rings. The molecular weight excluding hydrogens is 331 g/mol. The molecule has 1 unspecified atom stereocenters. The van der Waals surface area contributed by atoms with Gasteiger partial charge in [0, 0.05) is 10.9 Å². The first kappa shape index (κ1) is 16.4. The number of hydrogen-bond acceptors (Lipinski definition) is 4. The van der Waals surface area contributed by atoms with Crippen LogP contribution in [0.1, 0.15) is 24.2 Å². The molecule has 4 rings (SSSR count). The van der Waals surface area contributed by atoms with Gasteiger partial charge >= 0.3 is 0 Å². The minimum atomic E-state index is -0.623. The van der Waals surface area contributed by atoms with Gasteiger partial charge in [0.25, 0.3) is 0 Å². The van der Waals surface area contributed by atoms with Crippen LogP contribution in [0.4, 0.5) is 4.39 Å². The van der Waals surface area contributed by atoms with Gasteiger partial charge in [0.05, 0.1) is 29.1 Å². The number of aliphatic hydroxyl groups excluding tert-OH is 1. The SMILES string of the molecule is Cc1cc(C(C)O)c2cc(-c3ccc(F)cc3)c(-c3cnoc3)nc2c1. The zero-order valence-corrected chi connectivity index (χ0v) is 14.4. The number of aryl methyl sites for hydroxylation is 1. The fourth-order valence-electron chi connectivity index (χ4n) is 3.19. The second-order valence-corrected chi connectivity index (χ2v) is 6.40. The van der Waals surface area contributed by atoms with Gasteiger partial charge in [-0.05, 0) is 54.8 Å². The van der Waals surface area contributed by atoms with Crippen LogP contribution in [0.2, 0.25) is 0 Å². The van der Waals surface area contributed by atoms with Crippen LogP contribution >= 0.6 is 0 Å². The summed E-state index contributed by atoms with van der Waals surface area (Å²) < 4.78 is 18.4. The van der Waals surface area contributed by atoms with Crippen molar-refractivity contribution in [3.8, 4) is 22.4 Å². The molecule has 4 aromatic rings. The summed E-state index contributed by atoms with van der Waals surface area (Å²) in [5.74, 6) is -0.297. The molecule has 0 aliphatic rings. The average Bonchev–Trinajstić information content (AvgIpc) is 3.15. The maximum atomic E-state index is 13.4. The van der Waals surface area contributed by atoms with Crippen molar-refractivity contribution >= 4 is 10.9 Å². The number of benzene rings is 2. The first-order chi connectivity index (χ1) is 12.5. The third kappa shape index (κ3) is 2.86. The van der Waals surface area contributed by atoms with Crippen LogP contribution in [0.5, 0.6) is 0 Å². The van der Waals surface area contributed by atoms with E-state index in [1.807, 2.05) is 25.1 Å². The van der Waals surface area contributed by atoms with Crippen LogP contribution in [-0.2, 0) is 0 Å². The monoisotopic (exact) mass is 348 g/mol. The van der Waals surface area contributed by atoms with Crippen molar-refractivity contribution in [2.45, 2.75) is 20.0 Å². The number of halogens is 1. The van der Waals surface area contributed by atoms with Crippen molar-refractivity contribution in [3.05, 3.63) is 71.9 Å². The number of hydrogen-bond donors (Lipinski definition) is 1. The predicted molar refractivity (Wildman–Crippen MR) is 98.0 cm³/mol. The standard InChI is InChI=1S/C21H17FN2O2/c1-12-7-17(13(2)25)19-9-18(14-3-5-16(22)6-4-14)21(24-20(19)8-12)15-10-23-26-11-15/h3-11,13,25H,1-2H3. The molecule has 26 heavy (non-hydrogen) atoms. The predicted octanol–water partition coefficient (Wildman–Crippen LogP) is 5.06. The van der Waals surface area contributed by atoms with Crippen molar-refractivity contribution in [3.63, 3.8) is 0 Å². The lowest BCUT2D eigenvalue weighted by atomic mass is 9.95. The molecule has 130 valence electrons. The summed E-state index contributed by atoms with van der Waals surface area (Å²) in [6, 6.07) is 12.2. The van der Waals surface area contributed by atoms with Gasteiger partial charge in [-0.15, -0.1) is 0 Å². The van der Waals surface area contributed by atoms with E-state index in [4.69, 9.17) is 9.51 Å². The van der Waals surface area contributed by atoms with Crippen LogP contribution in [0.3, 0.4) is 0 Å². The van der Waals surface area contributed by atoms with Gasteiger partial charge < -0.3 is 9.63 Å². The van der Waals surface area contributed by atoms with Crippen molar-refractivity contribution in [1.82, 2.24) is 10.1 Å². The molecule has 5 heteroatoms. The van der Waals surface area contributed by atoms with Crippen LogP contribution < -0.4 is 0 Å². The Balaban J connectivity index is 2.07. The van der Waals surface area contributed by atoms with E-state index in [1.54, 1.807) is 25.3 Å². The van der Waals surface area contributed by atoms with Crippen LogP contribution in [0, 0.1) is 12.7 Å². The Kier molecular flexibility index (Phi) is 4.01. The number of fused-ring (bicyclic) bond motifs is 1. The first-order valence-corrected chi connectivity index (χ1v) is 8.32. The van der Waals surface area contributed by atoms with Gasteiger partial charge in [-0.2, -0.15) is 0 Å². The Labute approximate surface area is 149 Å². The van der Waals surface area contributed by atoms with Crippen LogP contribution in [0.25, 0.3) is 33.3 Å². The van der Waals surface area contributed by atoms with E-state index in [0.717, 1.165) is 38.7 Å². The van der Waals surface area contributed by atoms with Gasteiger partial charge in [0.1, 0.15) is 12.1 Å². The fourth-order valence-corrected chi connectivity index (χ4v) is 3.19. The molecule has 0 spiro atoms. The van der Waals surface area contributed by atoms with Crippen molar-refractivity contribution in [2.24, 2.45) is 0 Å². The Morgan fingerprint density at radius 3 is 2.50 bits per heavy atom. The molecule has 0 aliphatic carbocycles. The summed E-state index contributed by atoms with van der Waals surface area (Å²) in [4.78, 5) is 4.82. The van der Waals surface area contributed by atoms with E-state index >= 15 is 0 Å². The average molecular weight is 348 g/mol. The lowest BCUT2D eigenvalue weighted by Gasteiger charge is -2.15. The molecule has 0 amide bonds. The van der Waals surface area contributed by atoms with Gasteiger partial charge in [0.2, 0.25) is 0 Å². The van der Waals surface area contributed by atoms with E-state index in [-0.39, 0.29) is 5.82 Å². The Morgan fingerprint density at radius 1 is 1.08 bits per heavy atom. The van der Waals surface area contributed by atoms with Gasteiger partial charge in [-0.3, -0.25) is 0 Å². The number of aromatic nitrogens is 2. The van der Waals surface area contributed by atoms with E-state index in [9.17, 15) is 9.50 Å². The van der Waals surface area contributed by atoms with Crippen LogP contribution in [0.15, 0.2) is 59.4 Å². The summed E-state index contributed by atoms with van der Waals surface area (Å²) in [7, 11) is 0. The van der Waals surface area contributed by atoms with E-state index < -0.39 is 6.10 Å². The summed E-state index contributed by atoms with van der Waals surface area (Å²) in [6.45, 7) is 3.71. The second kappa shape index (κ2) is 6.35. The molecule has 2 aromatic heterocycles. The minimum absolute atomic E-state index is 0.297. The number of aliphatic hydroxyl groups is 1. The maximum Gasteiger partial charge on any atom is 0.133 e. The lowest BCUT2D eigenvalue weighted by Crippen LogP contribution is -1.98. The first-order valence-electron chi connectivity index (χ1n) is 8.32. The van der Waals surface area contributed by atoms with E-state index in [0.29, 0.717) is 5.69 Å². The highest BCUT2D eigenvalue weighted by Gasteiger charge is 2.16. The van der Waals surface area contributed by atoms with E-state index in [1.165, 1.54) is 18.4 Å². The zero-order chi connectivity index (χ0) is 18.3. The fraction of sp³-hybridized carbons (Fsp3) is 0.143. The zero-order valence-electron chi connectivity index (χ0n) is 14.4. The van der Waals surface area contributed by atoms with E-state index in [2.05, 4.69) is 5.16 Å². The minimum Gasteiger partial charge on any atom is -0.389 e. The van der Waals surface area contributed by atoms with Gasteiger partial charge in [-0.25, -0.2) is 9.37 Å². The molecule has 0 saturated heterocycles.